The molecule has 0 spiro atoms. The molecule has 0 atom stereocenters. The predicted octanol–water partition coefficient (Wildman–Crippen LogP) is 3.23. The van der Waals surface area contributed by atoms with Gasteiger partial charge in [0.1, 0.15) is 12.1 Å². The minimum absolute atomic E-state index is 0.567. The second-order valence-electron chi connectivity index (χ2n) is 4.74. The molecule has 0 aliphatic carbocycles. The molecule has 3 rings (SSSR count). The molecule has 1 aromatic carbocycles. The van der Waals surface area contributed by atoms with Gasteiger partial charge in [-0.25, -0.2) is 9.97 Å². The van der Waals surface area contributed by atoms with E-state index in [1.54, 1.807) is 6.20 Å². The van der Waals surface area contributed by atoms with Crippen molar-refractivity contribution >= 4 is 16.6 Å². The Kier molecular flexibility index (Phi) is 3.29. The number of fused-ring (bicyclic) bond motifs is 1. The van der Waals surface area contributed by atoms with Crippen molar-refractivity contribution in [2.45, 2.75) is 19.8 Å². The van der Waals surface area contributed by atoms with Gasteiger partial charge in [-0.2, -0.15) is 0 Å². The van der Waals surface area contributed by atoms with Gasteiger partial charge >= 0.3 is 0 Å². The van der Waals surface area contributed by atoms with E-state index in [0.29, 0.717) is 5.82 Å². The van der Waals surface area contributed by atoms with Crippen LogP contribution < -0.4 is 5.73 Å². The molecule has 4 nitrogen and oxygen atoms in total. The molecule has 2 aromatic heterocycles. The standard InChI is InChI=1S/C16H16N4/c1-2-4-13-15(19-10-20-16(13)17)12-6-3-5-11-7-8-18-9-14(11)12/h3,5-10H,2,4H2,1H3,(H2,17,19,20). The summed E-state index contributed by atoms with van der Waals surface area (Å²) in [7, 11) is 0. The van der Waals surface area contributed by atoms with Gasteiger partial charge in [0, 0.05) is 28.9 Å². The molecule has 2 N–H and O–H groups in total. The van der Waals surface area contributed by atoms with Crippen LogP contribution >= 0.6 is 0 Å². The van der Waals surface area contributed by atoms with Crippen molar-refractivity contribution in [2.24, 2.45) is 0 Å². The molecule has 2 heterocycles. The lowest BCUT2D eigenvalue weighted by Crippen LogP contribution is -2.02. The van der Waals surface area contributed by atoms with Crippen LogP contribution in [0.5, 0.6) is 0 Å². The first-order valence-electron chi connectivity index (χ1n) is 6.73. The highest BCUT2D eigenvalue weighted by Crippen LogP contribution is 2.31. The minimum atomic E-state index is 0.567. The van der Waals surface area contributed by atoms with Crippen LogP contribution in [-0.4, -0.2) is 15.0 Å². The summed E-state index contributed by atoms with van der Waals surface area (Å²) in [5.41, 5.74) is 9.02. The second-order valence-corrected chi connectivity index (χ2v) is 4.74. The maximum Gasteiger partial charge on any atom is 0.130 e. The van der Waals surface area contributed by atoms with Crippen LogP contribution in [0.25, 0.3) is 22.0 Å². The van der Waals surface area contributed by atoms with Gasteiger partial charge in [-0.15, -0.1) is 0 Å². The van der Waals surface area contributed by atoms with Gasteiger partial charge in [-0.05, 0) is 17.9 Å². The highest BCUT2D eigenvalue weighted by atomic mass is 14.9. The molecule has 0 fully saturated rings. The Morgan fingerprint density at radius 1 is 1.15 bits per heavy atom. The van der Waals surface area contributed by atoms with Gasteiger partial charge in [0.25, 0.3) is 0 Å². The Morgan fingerprint density at radius 2 is 2.05 bits per heavy atom. The molecule has 0 aliphatic rings. The highest BCUT2D eigenvalue weighted by molar-refractivity contribution is 5.96. The average Bonchev–Trinajstić information content (AvgIpc) is 2.49. The van der Waals surface area contributed by atoms with E-state index >= 15 is 0 Å². The molecule has 100 valence electrons. The molecule has 0 saturated heterocycles. The first kappa shape index (κ1) is 12.5. The Labute approximate surface area is 117 Å². The summed E-state index contributed by atoms with van der Waals surface area (Å²) in [6, 6.07) is 8.17. The van der Waals surface area contributed by atoms with E-state index in [9.17, 15) is 0 Å². The number of nitrogens with two attached hydrogens (primary N) is 1. The molecule has 0 saturated carbocycles. The number of pyridine rings is 1. The van der Waals surface area contributed by atoms with Gasteiger partial charge in [-0.3, -0.25) is 4.98 Å². The van der Waals surface area contributed by atoms with Crippen molar-refractivity contribution < 1.29 is 0 Å². The number of nitrogens with zero attached hydrogens (tertiary/aromatic N) is 3. The summed E-state index contributed by atoms with van der Waals surface area (Å²) >= 11 is 0. The molecule has 4 heteroatoms. The summed E-state index contributed by atoms with van der Waals surface area (Å²) in [5.74, 6) is 0.567. The quantitative estimate of drug-likeness (QED) is 0.788. The van der Waals surface area contributed by atoms with Crippen LogP contribution in [0.3, 0.4) is 0 Å². The Bertz CT molecular complexity index is 747. The summed E-state index contributed by atoms with van der Waals surface area (Å²) in [5, 5.41) is 2.24. The van der Waals surface area contributed by atoms with Crippen LogP contribution in [0, 0.1) is 0 Å². The van der Waals surface area contributed by atoms with Crippen molar-refractivity contribution in [1.29, 1.82) is 0 Å². The van der Waals surface area contributed by atoms with E-state index in [-0.39, 0.29) is 0 Å². The molecule has 0 bridgehead atoms. The number of rotatable bonds is 3. The van der Waals surface area contributed by atoms with E-state index in [0.717, 1.165) is 40.4 Å². The fourth-order valence-electron chi connectivity index (χ4n) is 2.47. The van der Waals surface area contributed by atoms with Crippen LogP contribution in [0.4, 0.5) is 5.82 Å². The van der Waals surface area contributed by atoms with E-state index in [1.807, 2.05) is 18.3 Å². The molecular weight excluding hydrogens is 248 g/mol. The van der Waals surface area contributed by atoms with Gasteiger partial charge in [0.15, 0.2) is 0 Å². The zero-order valence-corrected chi connectivity index (χ0v) is 11.4. The topological polar surface area (TPSA) is 64.7 Å². The van der Waals surface area contributed by atoms with Crippen LogP contribution in [0.2, 0.25) is 0 Å². The molecular formula is C16H16N4. The van der Waals surface area contributed by atoms with Crippen molar-refractivity contribution in [3.63, 3.8) is 0 Å². The van der Waals surface area contributed by atoms with Gasteiger partial charge in [-0.1, -0.05) is 31.5 Å². The maximum absolute atomic E-state index is 6.02. The lowest BCUT2D eigenvalue weighted by Gasteiger charge is -2.11. The molecule has 0 unspecified atom stereocenters. The predicted molar refractivity (Wildman–Crippen MR) is 81.2 cm³/mol. The first-order chi connectivity index (χ1) is 9.81. The van der Waals surface area contributed by atoms with Crippen molar-refractivity contribution in [3.05, 3.63) is 48.5 Å². The third-order valence-corrected chi connectivity index (χ3v) is 3.42. The van der Waals surface area contributed by atoms with Crippen molar-refractivity contribution in [3.8, 4) is 11.3 Å². The largest absolute Gasteiger partial charge is 0.383 e. The molecule has 0 aliphatic heterocycles. The average molecular weight is 264 g/mol. The number of nitrogen functional groups attached to an aromatic ring is 1. The van der Waals surface area contributed by atoms with Crippen LogP contribution in [0.15, 0.2) is 43.0 Å². The lowest BCUT2D eigenvalue weighted by atomic mass is 9.98. The third kappa shape index (κ3) is 2.09. The second kappa shape index (κ2) is 5.25. The zero-order valence-electron chi connectivity index (χ0n) is 11.4. The van der Waals surface area contributed by atoms with Gasteiger partial charge in [0.2, 0.25) is 0 Å². The van der Waals surface area contributed by atoms with Crippen LogP contribution in [-0.2, 0) is 6.42 Å². The first-order valence-corrected chi connectivity index (χ1v) is 6.73. The van der Waals surface area contributed by atoms with Crippen molar-refractivity contribution in [2.75, 3.05) is 5.73 Å². The Hall–Kier alpha value is -2.49. The summed E-state index contributed by atoms with van der Waals surface area (Å²) in [6.45, 7) is 2.13. The molecule has 0 radical (unpaired) electrons. The minimum Gasteiger partial charge on any atom is -0.383 e. The third-order valence-electron chi connectivity index (χ3n) is 3.42. The van der Waals surface area contributed by atoms with Crippen LogP contribution in [0.1, 0.15) is 18.9 Å². The van der Waals surface area contributed by atoms with Crippen molar-refractivity contribution in [1.82, 2.24) is 15.0 Å². The fraction of sp³-hybridized carbons (Fsp3) is 0.188. The summed E-state index contributed by atoms with van der Waals surface area (Å²) in [6.07, 6.45) is 7.08. The number of hydrogen-bond donors (Lipinski definition) is 1. The summed E-state index contributed by atoms with van der Waals surface area (Å²) < 4.78 is 0. The van der Waals surface area contributed by atoms with Gasteiger partial charge < -0.3 is 5.73 Å². The lowest BCUT2D eigenvalue weighted by molar-refractivity contribution is 0.909. The van der Waals surface area contributed by atoms with E-state index in [1.165, 1.54) is 6.33 Å². The Morgan fingerprint density at radius 3 is 2.90 bits per heavy atom. The monoisotopic (exact) mass is 264 g/mol. The number of aromatic nitrogens is 3. The van der Waals surface area contributed by atoms with E-state index < -0.39 is 0 Å². The molecule has 0 amide bonds. The van der Waals surface area contributed by atoms with E-state index in [2.05, 4.69) is 34.0 Å². The smallest absolute Gasteiger partial charge is 0.130 e. The molecule has 20 heavy (non-hydrogen) atoms. The highest BCUT2D eigenvalue weighted by Gasteiger charge is 2.12. The maximum atomic E-state index is 6.02. The number of anilines is 1. The van der Waals surface area contributed by atoms with E-state index in [4.69, 9.17) is 5.73 Å². The normalized spacial score (nSPS) is 10.8. The van der Waals surface area contributed by atoms with Gasteiger partial charge in [0.05, 0.1) is 5.69 Å². The number of benzene rings is 1. The number of hydrogen-bond acceptors (Lipinski definition) is 4. The Balaban J connectivity index is 2.28. The summed E-state index contributed by atoms with van der Waals surface area (Å²) in [4.78, 5) is 12.8. The zero-order chi connectivity index (χ0) is 13.9. The SMILES string of the molecule is CCCc1c(N)ncnc1-c1cccc2ccncc12. The molecule has 3 aromatic rings. The fourth-order valence-corrected chi connectivity index (χ4v) is 2.47.